The molecule has 1 amide bonds. The van der Waals surface area contributed by atoms with E-state index in [1.165, 1.54) is 24.3 Å². The van der Waals surface area contributed by atoms with Crippen LogP contribution in [0.5, 0.6) is 0 Å². The Kier molecular flexibility index (Phi) is 4.91. The second kappa shape index (κ2) is 7.67. The Balaban J connectivity index is 1.58. The topological polar surface area (TPSA) is 59.3 Å². The van der Waals surface area contributed by atoms with E-state index in [0.29, 0.717) is 0 Å². The van der Waals surface area contributed by atoms with E-state index >= 15 is 0 Å². The standard InChI is InChI=1S/C23H19FN4O/c1-15-11-19(14-26-27-23(29)18-5-3-7-20(24)12-18)16(2)28(15)21-8-9-22-17(13-21)6-4-10-25-22/h3-14H,1-2H3,(H,27,29)/b26-14-. The first-order valence-corrected chi connectivity index (χ1v) is 9.16. The number of nitrogens with zero attached hydrogens (tertiary/aromatic N) is 3. The summed E-state index contributed by atoms with van der Waals surface area (Å²) in [5.41, 5.74) is 7.56. The number of hydrogen-bond donors (Lipinski definition) is 1. The Morgan fingerprint density at radius 1 is 1.10 bits per heavy atom. The Labute approximate surface area is 167 Å². The SMILES string of the molecule is Cc1cc(/C=N\NC(=O)c2cccc(F)c2)c(C)n1-c1ccc2ncccc2c1. The van der Waals surface area contributed by atoms with Crippen molar-refractivity contribution >= 4 is 23.0 Å². The van der Waals surface area contributed by atoms with Crippen LogP contribution in [0.2, 0.25) is 0 Å². The van der Waals surface area contributed by atoms with Crippen LogP contribution >= 0.6 is 0 Å². The van der Waals surface area contributed by atoms with Gasteiger partial charge in [-0.05, 0) is 62.4 Å². The average Bonchev–Trinajstić information content (AvgIpc) is 3.00. The molecular weight excluding hydrogens is 367 g/mol. The second-order valence-corrected chi connectivity index (χ2v) is 6.75. The lowest BCUT2D eigenvalue weighted by atomic mass is 10.2. The Morgan fingerprint density at radius 3 is 2.79 bits per heavy atom. The number of hydrazone groups is 1. The predicted octanol–water partition coefficient (Wildman–Crippen LogP) is 4.55. The summed E-state index contributed by atoms with van der Waals surface area (Å²) in [7, 11) is 0. The van der Waals surface area contributed by atoms with E-state index in [2.05, 4.69) is 26.1 Å². The highest BCUT2D eigenvalue weighted by molar-refractivity contribution is 5.95. The average molecular weight is 386 g/mol. The fourth-order valence-electron chi connectivity index (χ4n) is 3.37. The minimum absolute atomic E-state index is 0.220. The third-order valence-corrected chi connectivity index (χ3v) is 4.77. The molecule has 0 spiro atoms. The fourth-order valence-corrected chi connectivity index (χ4v) is 3.37. The smallest absolute Gasteiger partial charge is 0.271 e. The van der Waals surface area contributed by atoms with Crippen LogP contribution < -0.4 is 5.43 Å². The van der Waals surface area contributed by atoms with Crippen LogP contribution in [0.1, 0.15) is 27.3 Å². The van der Waals surface area contributed by atoms with E-state index in [1.807, 2.05) is 44.2 Å². The van der Waals surface area contributed by atoms with Gasteiger partial charge in [0.15, 0.2) is 0 Å². The zero-order chi connectivity index (χ0) is 20.4. The molecule has 4 rings (SSSR count). The van der Waals surface area contributed by atoms with Gasteiger partial charge in [-0.2, -0.15) is 5.10 Å². The molecule has 0 bridgehead atoms. The molecule has 0 saturated carbocycles. The summed E-state index contributed by atoms with van der Waals surface area (Å²) in [6.45, 7) is 4.01. The van der Waals surface area contributed by atoms with Gasteiger partial charge < -0.3 is 4.57 Å². The molecule has 0 atom stereocenters. The van der Waals surface area contributed by atoms with E-state index < -0.39 is 11.7 Å². The molecule has 2 aromatic carbocycles. The number of fused-ring (bicyclic) bond motifs is 1. The number of nitrogens with one attached hydrogen (secondary N) is 1. The molecule has 0 aliphatic carbocycles. The van der Waals surface area contributed by atoms with Gasteiger partial charge >= 0.3 is 0 Å². The number of pyridine rings is 1. The number of carbonyl (C=O) groups excluding carboxylic acids is 1. The van der Waals surface area contributed by atoms with Crippen LogP contribution in [0.3, 0.4) is 0 Å². The van der Waals surface area contributed by atoms with Gasteiger partial charge in [-0.15, -0.1) is 0 Å². The molecule has 2 heterocycles. The summed E-state index contributed by atoms with van der Waals surface area (Å²) in [4.78, 5) is 16.4. The van der Waals surface area contributed by atoms with Crippen molar-refractivity contribution in [3.63, 3.8) is 0 Å². The Morgan fingerprint density at radius 2 is 1.97 bits per heavy atom. The normalized spacial score (nSPS) is 11.3. The zero-order valence-corrected chi connectivity index (χ0v) is 16.1. The van der Waals surface area contributed by atoms with Gasteiger partial charge in [0, 0.05) is 39.8 Å². The summed E-state index contributed by atoms with van der Waals surface area (Å²) >= 11 is 0. The van der Waals surface area contributed by atoms with Crippen LogP contribution in [0, 0.1) is 19.7 Å². The molecule has 0 fully saturated rings. The number of halogens is 1. The third-order valence-electron chi connectivity index (χ3n) is 4.77. The molecule has 0 saturated heterocycles. The van der Waals surface area contributed by atoms with Crippen LogP contribution in [0.15, 0.2) is 72.0 Å². The molecule has 6 heteroatoms. The number of aromatic nitrogens is 2. The minimum Gasteiger partial charge on any atom is -0.318 e. The Bertz CT molecular complexity index is 1240. The maximum Gasteiger partial charge on any atom is 0.271 e. The highest BCUT2D eigenvalue weighted by Gasteiger charge is 2.11. The van der Waals surface area contributed by atoms with Gasteiger partial charge in [-0.3, -0.25) is 9.78 Å². The van der Waals surface area contributed by atoms with Crippen LogP contribution in [-0.2, 0) is 0 Å². The van der Waals surface area contributed by atoms with Crippen molar-refractivity contribution in [1.29, 1.82) is 0 Å². The number of rotatable bonds is 4. The lowest BCUT2D eigenvalue weighted by Gasteiger charge is -2.10. The van der Waals surface area contributed by atoms with Crippen molar-refractivity contribution < 1.29 is 9.18 Å². The maximum atomic E-state index is 13.2. The van der Waals surface area contributed by atoms with E-state index in [1.54, 1.807) is 12.4 Å². The number of carbonyl (C=O) groups is 1. The fraction of sp³-hybridized carbons (Fsp3) is 0.0870. The highest BCUT2D eigenvalue weighted by atomic mass is 19.1. The molecule has 144 valence electrons. The summed E-state index contributed by atoms with van der Waals surface area (Å²) in [5, 5.41) is 5.10. The first kappa shape index (κ1) is 18.6. The monoisotopic (exact) mass is 386 g/mol. The maximum absolute atomic E-state index is 13.2. The third kappa shape index (κ3) is 3.78. The van der Waals surface area contributed by atoms with Gasteiger partial charge in [0.2, 0.25) is 0 Å². The number of hydrogen-bond acceptors (Lipinski definition) is 3. The van der Waals surface area contributed by atoms with Crippen molar-refractivity contribution in [2.24, 2.45) is 5.10 Å². The summed E-state index contributed by atoms with van der Waals surface area (Å²) in [6, 6.07) is 17.6. The van der Waals surface area contributed by atoms with Crippen molar-refractivity contribution in [2.75, 3.05) is 0 Å². The predicted molar refractivity (Wildman–Crippen MR) is 112 cm³/mol. The van der Waals surface area contributed by atoms with E-state index in [4.69, 9.17) is 0 Å². The number of amides is 1. The number of aryl methyl sites for hydroxylation is 1. The van der Waals surface area contributed by atoms with Gasteiger partial charge in [-0.25, -0.2) is 9.82 Å². The molecular formula is C23H19FN4O. The van der Waals surface area contributed by atoms with Crippen LogP contribution in [-0.4, -0.2) is 21.7 Å². The van der Waals surface area contributed by atoms with Crippen LogP contribution in [0.25, 0.3) is 16.6 Å². The second-order valence-electron chi connectivity index (χ2n) is 6.75. The van der Waals surface area contributed by atoms with Gasteiger partial charge in [0.25, 0.3) is 5.91 Å². The van der Waals surface area contributed by atoms with E-state index in [-0.39, 0.29) is 5.56 Å². The quantitative estimate of drug-likeness (QED) is 0.413. The highest BCUT2D eigenvalue weighted by Crippen LogP contribution is 2.22. The summed E-state index contributed by atoms with van der Waals surface area (Å²) in [6.07, 6.45) is 3.37. The van der Waals surface area contributed by atoms with E-state index in [0.717, 1.165) is 33.5 Å². The lowest BCUT2D eigenvalue weighted by molar-refractivity contribution is 0.0954. The van der Waals surface area contributed by atoms with Crippen molar-refractivity contribution in [2.45, 2.75) is 13.8 Å². The van der Waals surface area contributed by atoms with Crippen molar-refractivity contribution in [1.82, 2.24) is 15.0 Å². The molecule has 0 aliphatic heterocycles. The summed E-state index contributed by atoms with van der Waals surface area (Å²) in [5.74, 6) is -0.924. The van der Waals surface area contributed by atoms with Crippen LogP contribution in [0.4, 0.5) is 4.39 Å². The largest absolute Gasteiger partial charge is 0.318 e. The lowest BCUT2D eigenvalue weighted by Crippen LogP contribution is -2.17. The molecule has 29 heavy (non-hydrogen) atoms. The van der Waals surface area contributed by atoms with Crippen molar-refractivity contribution in [3.05, 3.63) is 95.2 Å². The molecule has 1 N–H and O–H groups in total. The molecule has 0 aliphatic rings. The van der Waals surface area contributed by atoms with Gasteiger partial charge in [-0.1, -0.05) is 12.1 Å². The first-order chi connectivity index (χ1) is 14.0. The van der Waals surface area contributed by atoms with Gasteiger partial charge in [0.1, 0.15) is 5.82 Å². The zero-order valence-electron chi connectivity index (χ0n) is 16.1. The van der Waals surface area contributed by atoms with E-state index in [9.17, 15) is 9.18 Å². The summed E-state index contributed by atoms with van der Waals surface area (Å²) < 4.78 is 15.4. The molecule has 5 nitrogen and oxygen atoms in total. The molecule has 4 aromatic rings. The van der Waals surface area contributed by atoms with Gasteiger partial charge in [0.05, 0.1) is 11.7 Å². The Hall–Kier alpha value is -3.80. The molecule has 0 unspecified atom stereocenters. The minimum atomic E-state index is -0.462. The molecule has 0 radical (unpaired) electrons. The first-order valence-electron chi connectivity index (χ1n) is 9.16. The van der Waals surface area contributed by atoms with Crippen molar-refractivity contribution in [3.8, 4) is 5.69 Å². The number of benzene rings is 2. The molecule has 2 aromatic heterocycles.